The number of allylic oxidation sites excluding steroid dienone is 1. The Morgan fingerprint density at radius 3 is 2.35 bits per heavy atom. The zero-order valence-corrected chi connectivity index (χ0v) is 14.4. The molecular formula is C17H30N2O4. The van der Waals surface area contributed by atoms with Crippen LogP contribution in [0.15, 0.2) is 12.2 Å². The van der Waals surface area contributed by atoms with Gasteiger partial charge in [0, 0.05) is 32.4 Å². The lowest BCUT2D eigenvalue weighted by atomic mass is 9.94. The minimum absolute atomic E-state index is 0.0564. The second-order valence-electron chi connectivity index (χ2n) is 5.84. The van der Waals surface area contributed by atoms with Crippen LogP contribution in [-0.4, -0.2) is 50.8 Å². The summed E-state index contributed by atoms with van der Waals surface area (Å²) in [5.74, 6) is -0.659. The van der Waals surface area contributed by atoms with Gasteiger partial charge in [-0.05, 0) is 32.9 Å². The van der Waals surface area contributed by atoms with Crippen LogP contribution >= 0.6 is 0 Å². The first-order valence-corrected chi connectivity index (χ1v) is 8.44. The smallest absolute Gasteiger partial charge is 0.223 e. The molecule has 132 valence electrons. The number of rotatable bonds is 11. The van der Waals surface area contributed by atoms with Crippen molar-refractivity contribution in [2.24, 2.45) is 0 Å². The molecule has 1 amide bonds. The first-order valence-electron chi connectivity index (χ1n) is 8.44. The van der Waals surface area contributed by atoms with Crippen LogP contribution in [0, 0.1) is 0 Å². The van der Waals surface area contributed by atoms with E-state index < -0.39 is 5.79 Å². The van der Waals surface area contributed by atoms with Crippen LogP contribution in [0.25, 0.3) is 0 Å². The van der Waals surface area contributed by atoms with E-state index >= 15 is 0 Å². The number of ether oxygens (including phenoxy) is 2. The maximum Gasteiger partial charge on any atom is 0.223 e. The summed E-state index contributed by atoms with van der Waals surface area (Å²) in [6.45, 7) is 3.76. The topological polar surface area (TPSA) is 76.7 Å². The lowest BCUT2D eigenvalue weighted by molar-refractivity contribution is -0.250. The highest BCUT2D eigenvalue weighted by molar-refractivity contribution is 5.88. The minimum Gasteiger partial charge on any atom is -0.354 e. The van der Waals surface area contributed by atoms with Crippen LogP contribution in [0.2, 0.25) is 0 Å². The first-order chi connectivity index (χ1) is 11.1. The molecule has 0 aromatic rings. The third-order valence-corrected chi connectivity index (χ3v) is 3.78. The summed E-state index contributed by atoms with van der Waals surface area (Å²) in [6.07, 6.45) is 8.45. The summed E-state index contributed by atoms with van der Waals surface area (Å²) in [4.78, 5) is 22.3. The summed E-state index contributed by atoms with van der Waals surface area (Å²) in [5, 5.41) is 5.85. The number of carbonyl (C=O) groups excluding carboxylic acids is 2. The van der Waals surface area contributed by atoms with Crippen LogP contribution in [0.5, 0.6) is 0 Å². The standard InChI is InChI=1S/C17H30N2O4/c1-15(20)7-6-8-16(21)19-12-14-23-17(22-13-11-18-2)9-4-3-5-10-17/h6-7,18H,3-5,8-14H2,1-2H3,(H,19,21)/b7-6+. The van der Waals surface area contributed by atoms with E-state index in [4.69, 9.17) is 9.47 Å². The number of hydrogen-bond acceptors (Lipinski definition) is 5. The Labute approximate surface area is 139 Å². The molecule has 1 rings (SSSR count). The van der Waals surface area contributed by atoms with E-state index in [1.54, 1.807) is 6.08 Å². The molecule has 0 spiro atoms. The van der Waals surface area contributed by atoms with Crippen molar-refractivity contribution in [1.29, 1.82) is 0 Å². The molecule has 0 aromatic heterocycles. The Kier molecular flexibility index (Phi) is 9.75. The van der Waals surface area contributed by atoms with E-state index in [0.717, 1.165) is 32.2 Å². The van der Waals surface area contributed by atoms with Gasteiger partial charge in [-0.2, -0.15) is 0 Å². The van der Waals surface area contributed by atoms with E-state index in [1.807, 2.05) is 7.05 Å². The van der Waals surface area contributed by atoms with Crippen LogP contribution in [0.3, 0.4) is 0 Å². The molecule has 0 bridgehead atoms. The van der Waals surface area contributed by atoms with Crippen molar-refractivity contribution < 1.29 is 19.1 Å². The fraction of sp³-hybridized carbons (Fsp3) is 0.765. The maximum absolute atomic E-state index is 11.6. The van der Waals surface area contributed by atoms with Gasteiger partial charge in [-0.1, -0.05) is 12.5 Å². The molecule has 0 saturated heterocycles. The van der Waals surface area contributed by atoms with E-state index in [9.17, 15) is 9.59 Å². The van der Waals surface area contributed by atoms with Gasteiger partial charge in [-0.25, -0.2) is 0 Å². The predicted octanol–water partition coefficient (Wildman–Crippen LogP) is 1.55. The molecule has 6 nitrogen and oxygen atoms in total. The molecular weight excluding hydrogens is 296 g/mol. The van der Waals surface area contributed by atoms with Crippen molar-refractivity contribution >= 4 is 11.7 Å². The van der Waals surface area contributed by atoms with Crippen LogP contribution in [0.1, 0.15) is 45.4 Å². The maximum atomic E-state index is 11.6. The summed E-state index contributed by atoms with van der Waals surface area (Å²) in [6, 6.07) is 0. The quantitative estimate of drug-likeness (QED) is 0.342. The molecule has 0 atom stereocenters. The third-order valence-electron chi connectivity index (χ3n) is 3.78. The SMILES string of the molecule is CNCCOC1(OCCNC(=O)C/C=C/C(C)=O)CCCCC1. The second kappa shape index (κ2) is 11.3. The summed E-state index contributed by atoms with van der Waals surface area (Å²) < 4.78 is 11.9. The van der Waals surface area contributed by atoms with E-state index in [-0.39, 0.29) is 18.1 Å². The Hall–Kier alpha value is -1.24. The first kappa shape index (κ1) is 19.8. The molecule has 1 aliphatic rings. The highest BCUT2D eigenvalue weighted by atomic mass is 16.7. The lowest BCUT2D eigenvalue weighted by Crippen LogP contribution is -2.41. The van der Waals surface area contributed by atoms with Gasteiger partial charge < -0.3 is 20.1 Å². The van der Waals surface area contributed by atoms with Crippen molar-refractivity contribution in [2.75, 3.05) is 33.4 Å². The molecule has 6 heteroatoms. The van der Waals surface area contributed by atoms with E-state index in [1.165, 1.54) is 19.4 Å². The molecule has 1 saturated carbocycles. The van der Waals surface area contributed by atoms with E-state index in [0.29, 0.717) is 19.8 Å². The Morgan fingerprint density at radius 2 is 1.74 bits per heavy atom. The Morgan fingerprint density at radius 1 is 1.09 bits per heavy atom. The van der Waals surface area contributed by atoms with Gasteiger partial charge in [0.15, 0.2) is 11.6 Å². The van der Waals surface area contributed by atoms with Gasteiger partial charge in [0.1, 0.15) is 0 Å². The number of carbonyl (C=O) groups is 2. The number of hydrogen-bond donors (Lipinski definition) is 2. The average molecular weight is 326 g/mol. The average Bonchev–Trinajstić information content (AvgIpc) is 2.52. The van der Waals surface area contributed by atoms with Gasteiger partial charge in [-0.15, -0.1) is 0 Å². The number of ketones is 1. The molecule has 0 radical (unpaired) electrons. The zero-order chi connectivity index (χ0) is 17.0. The zero-order valence-electron chi connectivity index (χ0n) is 14.4. The predicted molar refractivity (Wildman–Crippen MR) is 89.1 cm³/mol. The van der Waals surface area contributed by atoms with Crippen molar-refractivity contribution in [3.8, 4) is 0 Å². The third kappa shape index (κ3) is 8.83. The minimum atomic E-state index is -0.492. The van der Waals surface area contributed by atoms with Gasteiger partial charge in [-0.3, -0.25) is 9.59 Å². The molecule has 1 fully saturated rings. The van der Waals surface area contributed by atoms with Crippen molar-refractivity contribution in [3.63, 3.8) is 0 Å². The summed E-state index contributed by atoms with van der Waals surface area (Å²) in [7, 11) is 1.90. The number of nitrogens with one attached hydrogen (secondary N) is 2. The van der Waals surface area contributed by atoms with Crippen LogP contribution in [-0.2, 0) is 19.1 Å². The lowest BCUT2D eigenvalue weighted by Gasteiger charge is -2.37. The normalized spacial score (nSPS) is 17.3. The van der Waals surface area contributed by atoms with Crippen molar-refractivity contribution in [2.45, 2.75) is 51.2 Å². The Bertz CT molecular complexity index is 390. The monoisotopic (exact) mass is 326 g/mol. The highest BCUT2D eigenvalue weighted by Gasteiger charge is 2.33. The summed E-state index contributed by atoms with van der Waals surface area (Å²) >= 11 is 0. The highest BCUT2D eigenvalue weighted by Crippen LogP contribution is 2.32. The number of amides is 1. The van der Waals surface area contributed by atoms with Crippen molar-refractivity contribution in [1.82, 2.24) is 10.6 Å². The molecule has 23 heavy (non-hydrogen) atoms. The fourth-order valence-electron chi connectivity index (χ4n) is 2.59. The molecule has 0 aromatic carbocycles. The van der Waals surface area contributed by atoms with Gasteiger partial charge >= 0.3 is 0 Å². The summed E-state index contributed by atoms with van der Waals surface area (Å²) in [5.41, 5.74) is 0. The molecule has 0 aliphatic heterocycles. The van der Waals surface area contributed by atoms with E-state index in [2.05, 4.69) is 10.6 Å². The largest absolute Gasteiger partial charge is 0.354 e. The Balaban J connectivity index is 2.26. The molecule has 2 N–H and O–H groups in total. The van der Waals surface area contributed by atoms with Gasteiger partial charge in [0.05, 0.1) is 13.2 Å². The van der Waals surface area contributed by atoms with Crippen molar-refractivity contribution in [3.05, 3.63) is 12.2 Å². The molecule has 0 heterocycles. The van der Waals surface area contributed by atoms with Crippen LogP contribution in [0.4, 0.5) is 0 Å². The molecule has 1 aliphatic carbocycles. The molecule has 0 unspecified atom stereocenters. The fourth-order valence-corrected chi connectivity index (χ4v) is 2.59. The second-order valence-corrected chi connectivity index (χ2v) is 5.84. The van der Waals surface area contributed by atoms with Crippen LogP contribution < -0.4 is 10.6 Å². The van der Waals surface area contributed by atoms with Gasteiger partial charge in [0.2, 0.25) is 5.91 Å². The number of likely N-dealkylation sites (N-methyl/N-ethyl adjacent to an activating group) is 1. The van der Waals surface area contributed by atoms with Gasteiger partial charge in [0.25, 0.3) is 0 Å².